The Morgan fingerprint density at radius 3 is 2.65 bits per heavy atom. The standard InChI is InChI=1S/C16H20N4O5S/c1-11-17-15(19-25-11)9-20(2)26(22,23)14-5-3-12(4-6-14)16(21)18-13-7-8-24-10-13/h3-6,13H,7-10H2,1-2H3,(H,18,21)/t13-/m1/s1. The zero-order chi connectivity index (χ0) is 18.7. The molecular formula is C16H20N4O5S. The van der Waals surface area contributed by atoms with Gasteiger partial charge in [-0.15, -0.1) is 0 Å². The van der Waals surface area contributed by atoms with Crippen molar-refractivity contribution < 1.29 is 22.5 Å². The summed E-state index contributed by atoms with van der Waals surface area (Å²) in [7, 11) is -2.30. The zero-order valence-corrected chi connectivity index (χ0v) is 15.3. The highest BCUT2D eigenvalue weighted by Crippen LogP contribution is 2.17. The van der Waals surface area contributed by atoms with Crippen molar-refractivity contribution in [2.75, 3.05) is 20.3 Å². The minimum absolute atomic E-state index is 0.00420. The monoisotopic (exact) mass is 380 g/mol. The fourth-order valence-corrected chi connectivity index (χ4v) is 3.69. The molecule has 1 aromatic heterocycles. The topological polar surface area (TPSA) is 115 Å². The Hall–Kier alpha value is -2.30. The van der Waals surface area contributed by atoms with Gasteiger partial charge in [-0.2, -0.15) is 9.29 Å². The van der Waals surface area contributed by atoms with Gasteiger partial charge in [-0.1, -0.05) is 5.16 Å². The van der Waals surface area contributed by atoms with Gasteiger partial charge in [-0.05, 0) is 30.7 Å². The van der Waals surface area contributed by atoms with E-state index in [1.165, 1.54) is 31.3 Å². The van der Waals surface area contributed by atoms with Crippen molar-refractivity contribution in [3.8, 4) is 0 Å². The molecule has 0 bridgehead atoms. The number of carbonyl (C=O) groups is 1. The number of aryl methyl sites for hydroxylation is 1. The lowest BCUT2D eigenvalue weighted by Gasteiger charge is -2.16. The molecule has 1 aromatic carbocycles. The Morgan fingerprint density at radius 1 is 1.35 bits per heavy atom. The number of benzene rings is 1. The summed E-state index contributed by atoms with van der Waals surface area (Å²) in [5, 5.41) is 6.55. The summed E-state index contributed by atoms with van der Waals surface area (Å²) < 4.78 is 36.4. The van der Waals surface area contributed by atoms with Crippen molar-refractivity contribution in [2.45, 2.75) is 30.8 Å². The molecule has 2 heterocycles. The number of amides is 1. The van der Waals surface area contributed by atoms with E-state index in [0.29, 0.717) is 24.7 Å². The summed E-state index contributed by atoms with van der Waals surface area (Å²) in [4.78, 5) is 16.3. The molecule has 10 heteroatoms. The van der Waals surface area contributed by atoms with Crippen LogP contribution in [0.2, 0.25) is 0 Å². The van der Waals surface area contributed by atoms with Gasteiger partial charge >= 0.3 is 0 Å². The van der Waals surface area contributed by atoms with Gasteiger partial charge in [0, 0.05) is 26.1 Å². The molecule has 1 N–H and O–H groups in total. The normalized spacial score (nSPS) is 17.6. The molecule has 9 nitrogen and oxygen atoms in total. The Kier molecular flexibility index (Phi) is 5.35. The second-order valence-electron chi connectivity index (χ2n) is 6.05. The van der Waals surface area contributed by atoms with Gasteiger partial charge in [0.25, 0.3) is 5.91 Å². The van der Waals surface area contributed by atoms with Crippen LogP contribution in [-0.4, -0.2) is 55.1 Å². The van der Waals surface area contributed by atoms with Crippen molar-refractivity contribution in [1.29, 1.82) is 0 Å². The maximum absolute atomic E-state index is 12.6. The van der Waals surface area contributed by atoms with E-state index in [2.05, 4.69) is 15.5 Å². The van der Waals surface area contributed by atoms with E-state index >= 15 is 0 Å². The molecule has 1 aliphatic rings. The van der Waals surface area contributed by atoms with Crippen molar-refractivity contribution in [2.24, 2.45) is 0 Å². The molecule has 0 spiro atoms. The van der Waals surface area contributed by atoms with Crippen LogP contribution in [0.5, 0.6) is 0 Å². The maximum atomic E-state index is 12.6. The summed E-state index contributed by atoms with van der Waals surface area (Å²) in [5.41, 5.74) is 0.396. The average molecular weight is 380 g/mol. The molecule has 0 aliphatic carbocycles. The molecule has 26 heavy (non-hydrogen) atoms. The molecule has 0 saturated carbocycles. The molecule has 1 atom stereocenters. The maximum Gasteiger partial charge on any atom is 0.251 e. The number of aromatic nitrogens is 2. The third-order valence-corrected chi connectivity index (χ3v) is 5.84. The number of rotatable bonds is 6. The van der Waals surface area contributed by atoms with E-state index in [1.54, 1.807) is 6.92 Å². The van der Waals surface area contributed by atoms with E-state index in [9.17, 15) is 13.2 Å². The Labute approximate surface area is 151 Å². The lowest BCUT2D eigenvalue weighted by atomic mass is 10.2. The van der Waals surface area contributed by atoms with Crippen LogP contribution in [0, 0.1) is 6.92 Å². The first-order chi connectivity index (χ1) is 12.4. The van der Waals surface area contributed by atoms with Crippen LogP contribution in [0.15, 0.2) is 33.7 Å². The van der Waals surface area contributed by atoms with Crippen molar-refractivity contribution in [1.82, 2.24) is 19.8 Å². The number of hydrogen-bond donors (Lipinski definition) is 1. The molecule has 3 rings (SSSR count). The molecule has 1 saturated heterocycles. The number of carbonyl (C=O) groups excluding carboxylic acids is 1. The van der Waals surface area contributed by atoms with Gasteiger partial charge < -0.3 is 14.6 Å². The largest absolute Gasteiger partial charge is 0.379 e. The van der Waals surface area contributed by atoms with Gasteiger partial charge in [0.05, 0.1) is 24.1 Å². The predicted molar refractivity (Wildman–Crippen MR) is 90.8 cm³/mol. The van der Waals surface area contributed by atoms with E-state index in [4.69, 9.17) is 9.26 Å². The lowest BCUT2D eigenvalue weighted by molar-refractivity contribution is 0.0930. The fourth-order valence-electron chi connectivity index (χ4n) is 2.56. The summed E-state index contributed by atoms with van der Waals surface area (Å²) >= 11 is 0. The minimum atomic E-state index is -3.73. The quantitative estimate of drug-likeness (QED) is 0.785. The summed E-state index contributed by atoms with van der Waals surface area (Å²) in [5.74, 6) is 0.400. The van der Waals surface area contributed by atoms with E-state index < -0.39 is 10.0 Å². The molecule has 1 amide bonds. The highest BCUT2D eigenvalue weighted by Gasteiger charge is 2.23. The van der Waals surface area contributed by atoms with Crippen LogP contribution >= 0.6 is 0 Å². The first-order valence-corrected chi connectivity index (χ1v) is 9.54. The molecule has 1 fully saturated rings. The van der Waals surface area contributed by atoms with Gasteiger partial charge in [0.1, 0.15) is 0 Å². The minimum Gasteiger partial charge on any atom is -0.379 e. The van der Waals surface area contributed by atoms with Crippen LogP contribution < -0.4 is 5.32 Å². The number of hydrogen-bond acceptors (Lipinski definition) is 7. The Balaban J connectivity index is 1.68. The van der Waals surface area contributed by atoms with Crippen LogP contribution in [0.3, 0.4) is 0 Å². The van der Waals surface area contributed by atoms with E-state index in [0.717, 1.165) is 10.7 Å². The highest BCUT2D eigenvalue weighted by atomic mass is 32.2. The fraction of sp³-hybridized carbons (Fsp3) is 0.438. The number of nitrogens with one attached hydrogen (secondary N) is 1. The van der Waals surface area contributed by atoms with Crippen molar-refractivity contribution in [3.05, 3.63) is 41.5 Å². The summed E-state index contributed by atoms with van der Waals surface area (Å²) in [6, 6.07) is 5.80. The third-order valence-electron chi connectivity index (χ3n) is 4.02. The smallest absolute Gasteiger partial charge is 0.251 e. The first-order valence-electron chi connectivity index (χ1n) is 8.10. The third kappa shape index (κ3) is 4.09. The Bertz CT molecular complexity index is 872. The zero-order valence-electron chi connectivity index (χ0n) is 14.5. The molecule has 1 aliphatic heterocycles. The van der Waals surface area contributed by atoms with Gasteiger partial charge in [0.15, 0.2) is 5.82 Å². The van der Waals surface area contributed by atoms with Gasteiger partial charge in [0.2, 0.25) is 15.9 Å². The highest BCUT2D eigenvalue weighted by molar-refractivity contribution is 7.89. The van der Waals surface area contributed by atoms with Crippen LogP contribution in [0.4, 0.5) is 0 Å². The first kappa shape index (κ1) is 18.5. The van der Waals surface area contributed by atoms with E-state index in [1.807, 2.05) is 0 Å². The second-order valence-corrected chi connectivity index (χ2v) is 8.09. The predicted octanol–water partition coefficient (Wildman–Crippen LogP) is 0.717. The molecule has 2 aromatic rings. The lowest BCUT2D eigenvalue weighted by Crippen LogP contribution is -2.35. The molecule has 0 radical (unpaired) electrons. The van der Waals surface area contributed by atoms with Crippen LogP contribution in [0.25, 0.3) is 0 Å². The molecule has 0 unspecified atom stereocenters. The van der Waals surface area contributed by atoms with Crippen LogP contribution in [-0.2, 0) is 21.3 Å². The number of sulfonamides is 1. The van der Waals surface area contributed by atoms with Crippen molar-refractivity contribution in [3.63, 3.8) is 0 Å². The summed E-state index contributed by atoms with van der Waals surface area (Å²) in [6.45, 7) is 2.75. The molecular weight excluding hydrogens is 360 g/mol. The number of nitrogens with zero attached hydrogens (tertiary/aromatic N) is 3. The average Bonchev–Trinajstić information content (AvgIpc) is 3.26. The SMILES string of the molecule is Cc1nc(CN(C)S(=O)(=O)c2ccc(C(=O)N[C@@H]3CCOC3)cc2)no1. The second kappa shape index (κ2) is 7.52. The van der Waals surface area contributed by atoms with Crippen LogP contribution in [0.1, 0.15) is 28.5 Å². The molecule has 140 valence electrons. The summed E-state index contributed by atoms with van der Waals surface area (Å²) in [6.07, 6.45) is 0.776. The Morgan fingerprint density at radius 2 is 2.08 bits per heavy atom. The van der Waals surface area contributed by atoms with Gasteiger partial charge in [-0.25, -0.2) is 8.42 Å². The number of ether oxygens (including phenoxy) is 1. The van der Waals surface area contributed by atoms with Crippen molar-refractivity contribution >= 4 is 15.9 Å². The van der Waals surface area contributed by atoms with E-state index in [-0.39, 0.29) is 29.2 Å². The van der Waals surface area contributed by atoms with Gasteiger partial charge in [-0.3, -0.25) is 4.79 Å².